The number of benzene rings is 2. The first-order valence-corrected chi connectivity index (χ1v) is 9.85. The van der Waals surface area contributed by atoms with Crippen LogP contribution in [0.1, 0.15) is 16.1 Å². The minimum atomic E-state index is -0.961. The van der Waals surface area contributed by atoms with Crippen LogP contribution in [0.15, 0.2) is 48.5 Å². The van der Waals surface area contributed by atoms with Crippen molar-refractivity contribution in [2.24, 2.45) is 0 Å². The van der Waals surface area contributed by atoms with Crippen molar-refractivity contribution in [3.8, 4) is 11.4 Å². The molecule has 3 aromatic rings. The van der Waals surface area contributed by atoms with Crippen molar-refractivity contribution in [2.45, 2.75) is 13.0 Å². The van der Waals surface area contributed by atoms with Crippen molar-refractivity contribution in [1.82, 2.24) is 15.1 Å². The number of ether oxygens (including phenoxy) is 1. The van der Waals surface area contributed by atoms with Crippen molar-refractivity contribution in [1.29, 1.82) is 0 Å². The highest BCUT2D eigenvalue weighted by Gasteiger charge is 2.21. The molecule has 0 unspecified atom stereocenters. The van der Waals surface area contributed by atoms with Crippen LogP contribution in [-0.4, -0.2) is 40.0 Å². The molecule has 0 saturated heterocycles. The summed E-state index contributed by atoms with van der Waals surface area (Å²) in [5.74, 6) is -0.0814. The van der Waals surface area contributed by atoms with Crippen molar-refractivity contribution >= 4 is 40.7 Å². The third kappa shape index (κ3) is 5.03. The van der Waals surface area contributed by atoms with Gasteiger partial charge in [0.15, 0.2) is 0 Å². The van der Waals surface area contributed by atoms with Gasteiger partial charge in [0.05, 0.1) is 22.0 Å². The third-order valence-corrected chi connectivity index (χ3v) is 5.23. The van der Waals surface area contributed by atoms with E-state index < -0.39 is 12.0 Å². The maximum atomic E-state index is 12.6. The van der Waals surface area contributed by atoms with Gasteiger partial charge < -0.3 is 15.2 Å². The summed E-state index contributed by atoms with van der Waals surface area (Å²) >= 11 is 18.3. The summed E-state index contributed by atoms with van der Waals surface area (Å²) in [5, 5.41) is 17.9. The lowest BCUT2D eigenvalue weighted by molar-refractivity contribution is 0.0843. The molecule has 0 aliphatic carbocycles. The van der Waals surface area contributed by atoms with Gasteiger partial charge in [-0.3, -0.25) is 4.79 Å². The highest BCUT2D eigenvalue weighted by atomic mass is 35.5. The van der Waals surface area contributed by atoms with E-state index in [4.69, 9.17) is 39.5 Å². The van der Waals surface area contributed by atoms with E-state index >= 15 is 0 Å². The van der Waals surface area contributed by atoms with E-state index in [2.05, 4.69) is 10.4 Å². The number of carbonyl (C=O) groups excluding carboxylic acids is 1. The molecule has 0 spiro atoms. The number of nitrogens with zero attached hydrogens (tertiary/aromatic N) is 2. The minimum absolute atomic E-state index is 0.0384. The fraction of sp³-hybridized carbons (Fsp3) is 0.200. The van der Waals surface area contributed by atoms with E-state index in [1.807, 2.05) is 30.3 Å². The van der Waals surface area contributed by atoms with Crippen LogP contribution < -0.4 is 10.1 Å². The van der Waals surface area contributed by atoms with E-state index in [-0.39, 0.29) is 28.9 Å². The molecule has 1 amide bonds. The summed E-state index contributed by atoms with van der Waals surface area (Å²) in [6.45, 7) is 1.58. The van der Waals surface area contributed by atoms with Gasteiger partial charge in [-0.25, -0.2) is 4.68 Å². The van der Waals surface area contributed by atoms with Crippen LogP contribution in [0.4, 0.5) is 0 Å². The first-order valence-electron chi connectivity index (χ1n) is 8.72. The Morgan fingerprint density at radius 2 is 1.90 bits per heavy atom. The van der Waals surface area contributed by atoms with Crippen molar-refractivity contribution in [3.63, 3.8) is 0 Å². The second-order valence-corrected chi connectivity index (χ2v) is 7.37. The predicted octanol–water partition coefficient (Wildman–Crippen LogP) is 4.31. The fourth-order valence-electron chi connectivity index (χ4n) is 2.64. The number of aromatic nitrogens is 2. The van der Waals surface area contributed by atoms with Crippen molar-refractivity contribution in [3.05, 3.63) is 75.0 Å². The second-order valence-electron chi connectivity index (χ2n) is 6.23. The lowest BCUT2D eigenvalue weighted by Gasteiger charge is -2.14. The van der Waals surface area contributed by atoms with Crippen LogP contribution in [0.5, 0.6) is 5.75 Å². The molecule has 152 valence electrons. The Morgan fingerprint density at radius 3 is 2.62 bits per heavy atom. The Balaban J connectivity index is 1.61. The molecule has 0 fully saturated rings. The molecule has 2 aromatic carbocycles. The number of carbonyl (C=O) groups is 1. The van der Waals surface area contributed by atoms with Crippen LogP contribution in [0, 0.1) is 6.92 Å². The Bertz CT molecular complexity index is 1010. The van der Waals surface area contributed by atoms with Gasteiger partial charge in [0.2, 0.25) is 0 Å². The molecule has 29 heavy (non-hydrogen) atoms. The van der Waals surface area contributed by atoms with Crippen molar-refractivity contribution in [2.75, 3.05) is 13.2 Å². The molecule has 3 rings (SSSR count). The Labute approximate surface area is 183 Å². The summed E-state index contributed by atoms with van der Waals surface area (Å²) in [5.41, 5.74) is 1.47. The summed E-state index contributed by atoms with van der Waals surface area (Å²) in [7, 11) is 0. The zero-order valence-electron chi connectivity index (χ0n) is 15.4. The fourth-order valence-corrected chi connectivity index (χ4v) is 3.34. The number of para-hydroxylation sites is 1. The average Bonchev–Trinajstić information content (AvgIpc) is 3.02. The lowest BCUT2D eigenvalue weighted by atomic mass is 10.2. The van der Waals surface area contributed by atoms with Crippen LogP contribution >= 0.6 is 34.8 Å². The van der Waals surface area contributed by atoms with Gasteiger partial charge in [0.25, 0.3) is 5.91 Å². The van der Waals surface area contributed by atoms with Gasteiger partial charge in [-0.05, 0) is 31.2 Å². The number of hydrogen-bond donors (Lipinski definition) is 2. The van der Waals surface area contributed by atoms with Gasteiger partial charge in [0, 0.05) is 6.54 Å². The largest absolute Gasteiger partial charge is 0.489 e. The molecule has 1 atom stereocenters. The minimum Gasteiger partial charge on any atom is -0.489 e. The molecule has 1 heterocycles. The zero-order chi connectivity index (χ0) is 21.0. The monoisotopic (exact) mass is 453 g/mol. The van der Waals surface area contributed by atoms with Crippen LogP contribution in [0.25, 0.3) is 5.69 Å². The molecule has 0 aliphatic rings. The molecule has 2 N–H and O–H groups in total. The summed E-state index contributed by atoms with van der Waals surface area (Å²) in [6.07, 6.45) is -0.961. The SMILES string of the molecule is Cc1nn(-c2ccccc2)c(Cl)c1C(=O)NC[C@@H](O)COc1cccc(Cl)c1Cl. The maximum absolute atomic E-state index is 12.6. The molecule has 0 radical (unpaired) electrons. The normalized spacial score (nSPS) is 11.9. The lowest BCUT2D eigenvalue weighted by Crippen LogP contribution is -2.35. The number of hydrogen-bond acceptors (Lipinski definition) is 4. The predicted molar refractivity (Wildman–Crippen MR) is 114 cm³/mol. The molecule has 0 bridgehead atoms. The number of amides is 1. The zero-order valence-corrected chi connectivity index (χ0v) is 17.7. The van der Waals surface area contributed by atoms with Gasteiger partial charge in [-0.1, -0.05) is 59.1 Å². The number of aliphatic hydroxyl groups excluding tert-OH is 1. The summed E-state index contributed by atoms with van der Waals surface area (Å²) in [4.78, 5) is 12.6. The van der Waals surface area contributed by atoms with Crippen LogP contribution in [-0.2, 0) is 0 Å². The standard InChI is InChI=1S/C20H18Cl3N3O3/c1-12-17(19(23)26(25-12)13-6-3-2-4-7-13)20(28)24-10-14(27)11-29-16-9-5-8-15(21)18(16)22/h2-9,14,27H,10-11H2,1H3,(H,24,28)/t14-/m1/s1. The molecule has 0 saturated carbocycles. The first kappa shape index (κ1) is 21.5. The van der Waals surface area contributed by atoms with Crippen LogP contribution in [0.2, 0.25) is 15.2 Å². The summed E-state index contributed by atoms with van der Waals surface area (Å²) in [6, 6.07) is 14.2. The molecule has 6 nitrogen and oxygen atoms in total. The second kappa shape index (κ2) is 9.50. The quantitative estimate of drug-likeness (QED) is 0.558. The van der Waals surface area contributed by atoms with E-state index in [9.17, 15) is 9.90 Å². The number of nitrogens with one attached hydrogen (secondary N) is 1. The summed E-state index contributed by atoms with van der Waals surface area (Å²) < 4.78 is 6.96. The molecule has 0 aliphatic heterocycles. The Hall–Kier alpha value is -2.25. The van der Waals surface area contributed by atoms with Gasteiger partial charge in [-0.2, -0.15) is 5.10 Å². The number of aliphatic hydroxyl groups is 1. The van der Waals surface area contributed by atoms with Crippen LogP contribution in [0.3, 0.4) is 0 Å². The van der Waals surface area contributed by atoms with Gasteiger partial charge in [0.1, 0.15) is 28.6 Å². The van der Waals surface area contributed by atoms with E-state index in [0.717, 1.165) is 5.69 Å². The van der Waals surface area contributed by atoms with Gasteiger partial charge in [-0.15, -0.1) is 0 Å². The molecular formula is C20H18Cl3N3O3. The molecular weight excluding hydrogens is 437 g/mol. The van der Waals surface area contributed by atoms with E-state index in [1.165, 1.54) is 4.68 Å². The Morgan fingerprint density at radius 1 is 1.17 bits per heavy atom. The van der Waals surface area contributed by atoms with E-state index in [1.54, 1.807) is 25.1 Å². The third-order valence-electron chi connectivity index (χ3n) is 4.08. The first-order chi connectivity index (χ1) is 13.9. The highest BCUT2D eigenvalue weighted by molar-refractivity contribution is 6.42. The highest BCUT2D eigenvalue weighted by Crippen LogP contribution is 2.31. The Kier molecular flexibility index (Phi) is 7.03. The topological polar surface area (TPSA) is 76.4 Å². The number of halogens is 3. The van der Waals surface area contributed by atoms with E-state index in [0.29, 0.717) is 16.5 Å². The van der Waals surface area contributed by atoms with Crippen molar-refractivity contribution < 1.29 is 14.6 Å². The number of aryl methyl sites for hydroxylation is 1. The molecule has 1 aromatic heterocycles. The average molecular weight is 455 g/mol. The number of rotatable bonds is 7. The smallest absolute Gasteiger partial charge is 0.256 e. The maximum Gasteiger partial charge on any atom is 0.256 e. The van der Waals surface area contributed by atoms with Gasteiger partial charge >= 0.3 is 0 Å². The molecule has 9 heteroatoms.